The molecule has 3 amide bonds. The number of ether oxygens (including phenoxy) is 1. The van der Waals surface area contributed by atoms with Gasteiger partial charge in [-0.05, 0) is 31.0 Å². The van der Waals surface area contributed by atoms with Gasteiger partial charge >= 0.3 is 6.03 Å². The predicted octanol–water partition coefficient (Wildman–Crippen LogP) is 1.65. The van der Waals surface area contributed by atoms with Gasteiger partial charge in [-0.25, -0.2) is 19.2 Å². The molecular weight excluding hydrogens is 365 g/mol. The van der Waals surface area contributed by atoms with E-state index in [1.54, 1.807) is 18.1 Å². The van der Waals surface area contributed by atoms with Crippen LogP contribution in [0, 0.1) is 5.82 Å². The zero-order chi connectivity index (χ0) is 19.7. The molecule has 0 unspecified atom stereocenters. The molecule has 2 fully saturated rings. The minimum atomic E-state index is -0.323. The summed E-state index contributed by atoms with van der Waals surface area (Å²) in [7, 11) is 1.54. The fraction of sp³-hybridized carbons (Fsp3) is 0.474. The second-order valence-corrected chi connectivity index (χ2v) is 7.03. The third-order valence-electron chi connectivity index (χ3n) is 5.38. The van der Waals surface area contributed by atoms with Gasteiger partial charge in [0.15, 0.2) is 0 Å². The Hall–Kier alpha value is -2.81. The molecule has 2 saturated heterocycles. The van der Waals surface area contributed by atoms with Gasteiger partial charge in [-0.15, -0.1) is 0 Å². The fourth-order valence-electron chi connectivity index (χ4n) is 3.91. The van der Waals surface area contributed by atoms with Gasteiger partial charge in [0.1, 0.15) is 24.5 Å². The molecule has 0 N–H and O–H groups in total. The molecule has 0 atom stereocenters. The summed E-state index contributed by atoms with van der Waals surface area (Å²) in [5, 5.41) is 0.680. The zero-order valence-corrected chi connectivity index (χ0v) is 15.7. The summed E-state index contributed by atoms with van der Waals surface area (Å²) in [5.41, 5.74) is 0.697. The van der Waals surface area contributed by atoms with Gasteiger partial charge in [-0.1, -0.05) is 0 Å². The highest BCUT2D eigenvalue weighted by atomic mass is 19.1. The lowest BCUT2D eigenvalue weighted by Gasteiger charge is -2.37. The van der Waals surface area contributed by atoms with E-state index in [0.717, 1.165) is 12.8 Å². The Labute approximate surface area is 161 Å². The maximum absolute atomic E-state index is 13.7. The number of amides is 3. The number of hydrogen-bond acceptors (Lipinski definition) is 6. The van der Waals surface area contributed by atoms with E-state index in [0.29, 0.717) is 36.4 Å². The minimum absolute atomic E-state index is 0.00471. The van der Waals surface area contributed by atoms with Crippen LogP contribution in [-0.2, 0) is 9.53 Å². The molecule has 1 aromatic heterocycles. The molecule has 0 radical (unpaired) electrons. The van der Waals surface area contributed by atoms with Crippen molar-refractivity contribution in [3.05, 3.63) is 30.3 Å². The first-order valence-corrected chi connectivity index (χ1v) is 9.33. The average Bonchev–Trinajstić information content (AvgIpc) is 2.99. The highest BCUT2D eigenvalue weighted by Crippen LogP contribution is 2.28. The molecule has 0 spiro atoms. The van der Waals surface area contributed by atoms with Crippen LogP contribution in [0.2, 0.25) is 0 Å². The quantitative estimate of drug-likeness (QED) is 0.726. The Bertz CT molecular complexity index is 900. The van der Waals surface area contributed by atoms with Crippen molar-refractivity contribution in [2.24, 2.45) is 0 Å². The minimum Gasteiger partial charge on any atom is -0.383 e. The topological polar surface area (TPSA) is 78.9 Å². The Balaban J connectivity index is 1.45. The molecule has 2 aliphatic rings. The van der Waals surface area contributed by atoms with E-state index in [-0.39, 0.29) is 36.9 Å². The largest absolute Gasteiger partial charge is 0.383 e. The molecule has 148 valence electrons. The molecule has 3 heterocycles. The maximum Gasteiger partial charge on any atom is 0.327 e. The fourth-order valence-corrected chi connectivity index (χ4v) is 3.91. The number of piperidine rings is 1. The number of urea groups is 1. The van der Waals surface area contributed by atoms with Crippen LogP contribution >= 0.6 is 0 Å². The molecular formula is C19H22FN5O3. The van der Waals surface area contributed by atoms with Crippen LogP contribution in [-0.4, -0.2) is 77.6 Å². The number of carbonyl (C=O) groups excluding carboxylic acids is 2. The number of methoxy groups -OCH3 is 1. The number of nitrogens with zero attached hydrogens (tertiary/aromatic N) is 5. The third kappa shape index (κ3) is 3.37. The lowest BCUT2D eigenvalue weighted by Crippen LogP contribution is -2.47. The van der Waals surface area contributed by atoms with Gasteiger partial charge in [0.25, 0.3) is 0 Å². The molecule has 8 nitrogen and oxygen atoms in total. The normalized spacial score (nSPS) is 18.6. The summed E-state index contributed by atoms with van der Waals surface area (Å²) in [5.74, 6) is 0.200. The summed E-state index contributed by atoms with van der Waals surface area (Å²) < 4.78 is 18.7. The second-order valence-electron chi connectivity index (χ2n) is 7.03. The molecule has 4 rings (SSSR count). The first-order valence-electron chi connectivity index (χ1n) is 9.33. The van der Waals surface area contributed by atoms with Crippen molar-refractivity contribution in [1.82, 2.24) is 19.8 Å². The number of fused-ring (bicyclic) bond motifs is 1. The molecule has 1 aromatic carbocycles. The maximum atomic E-state index is 13.7. The Morgan fingerprint density at radius 1 is 1.21 bits per heavy atom. The van der Waals surface area contributed by atoms with E-state index in [1.165, 1.54) is 23.4 Å². The van der Waals surface area contributed by atoms with E-state index >= 15 is 0 Å². The van der Waals surface area contributed by atoms with Gasteiger partial charge in [-0.3, -0.25) is 9.69 Å². The van der Waals surface area contributed by atoms with Crippen LogP contribution in [0.4, 0.5) is 15.0 Å². The number of hydrogen-bond donors (Lipinski definition) is 0. The summed E-state index contributed by atoms with van der Waals surface area (Å²) in [4.78, 5) is 38.3. The van der Waals surface area contributed by atoms with Gasteiger partial charge in [0.2, 0.25) is 5.91 Å². The highest BCUT2D eigenvalue weighted by Gasteiger charge is 2.40. The van der Waals surface area contributed by atoms with Crippen LogP contribution in [0.3, 0.4) is 0 Å². The SMILES string of the molecule is COCCN1C(=O)CN(C2CCN(c3ncnc4ccc(F)cc34)CC2)C1=O. The molecule has 0 bridgehead atoms. The Morgan fingerprint density at radius 2 is 2.00 bits per heavy atom. The van der Waals surface area contributed by atoms with Crippen molar-refractivity contribution < 1.29 is 18.7 Å². The van der Waals surface area contributed by atoms with Crippen LogP contribution in [0.15, 0.2) is 24.5 Å². The Kier molecular flexibility index (Phi) is 5.08. The van der Waals surface area contributed by atoms with Gasteiger partial charge in [-0.2, -0.15) is 0 Å². The zero-order valence-electron chi connectivity index (χ0n) is 15.7. The number of aromatic nitrogens is 2. The van der Waals surface area contributed by atoms with Crippen molar-refractivity contribution in [3.8, 4) is 0 Å². The van der Waals surface area contributed by atoms with Crippen LogP contribution in [0.25, 0.3) is 10.9 Å². The van der Waals surface area contributed by atoms with Crippen molar-refractivity contribution in [2.75, 3.05) is 44.8 Å². The summed E-state index contributed by atoms with van der Waals surface area (Å²) in [6.07, 6.45) is 2.92. The number of rotatable bonds is 5. The van der Waals surface area contributed by atoms with E-state index in [9.17, 15) is 14.0 Å². The smallest absolute Gasteiger partial charge is 0.327 e. The first kappa shape index (κ1) is 18.5. The average molecular weight is 387 g/mol. The molecule has 2 aromatic rings. The van der Waals surface area contributed by atoms with E-state index in [2.05, 4.69) is 14.9 Å². The lowest BCUT2D eigenvalue weighted by molar-refractivity contribution is -0.125. The molecule has 9 heteroatoms. The number of benzene rings is 1. The van der Waals surface area contributed by atoms with E-state index < -0.39 is 0 Å². The number of anilines is 1. The highest BCUT2D eigenvalue weighted by molar-refractivity contribution is 6.02. The van der Waals surface area contributed by atoms with E-state index in [1.807, 2.05) is 0 Å². The van der Waals surface area contributed by atoms with Gasteiger partial charge in [0.05, 0.1) is 18.7 Å². The van der Waals surface area contributed by atoms with E-state index in [4.69, 9.17) is 4.74 Å². The number of halogens is 1. The standard InChI is InChI=1S/C19H22FN5O3/c1-28-9-8-24-17(26)11-25(19(24)27)14-4-6-23(7-5-14)18-15-10-13(20)2-3-16(15)21-12-22-18/h2-3,10,12,14H,4-9,11H2,1H3. The second kappa shape index (κ2) is 7.67. The monoisotopic (exact) mass is 387 g/mol. The predicted molar refractivity (Wildman–Crippen MR) is 100 cm³/mol. The molecule has 0 saturated carbocycles. The van der Waals surface area contributed by atoms with Crippen molar-refractivity contribution in [2.45, 2.75) is 18.9 Å². The molecule has 28 heavy (non-hydrogen) atoms. The summed E-state index contributed by atoms with van der Waals surface area (Å²) in [6, 6.07) is 4.25. The lowest BCUT2D eigenvalue weighted by atomic mass is 10.0. The summed E-state index contributed by atoms with van der Waals surface area (Å²) >= 11 is 0. The van der Waals surface area contributed by atoms with Crippen molar-refractivity contribution >= 4 is 28.7 Å². The van der Waals surface area contributed by atoms with Crippen molar-refractivity contribution in [3.63, 3.8) is 0 Å². The van der Waals surface area contributed by atoms with Crippen LogP contribution < -0.4 is 4.90 Å². The summed E-state index contributed by atoms with van der Waals surface area (Å²) in [6.45, 7) is 2.07. The van der Waals surface area contributed by atoms with Crippen LogP contribution in [0.1, 0.15) is 12.8 Å². The van der Waals surface area contributed by atoms with Crippen LogP contribution in [0.5, 0.6) is 0 Å². The van der Waals surface area contributed by atoms with Gasteiger partial charge in [0, 0.05) is 31.6 Å². The molecule has 2 aliphatic heterocycles. The molecule has 0 aliphatic carbocycles. The van der Waals surface area contributed by atoms with Gasteiger partial charge < -0.3 is 14.5 Å². The number of carbonyl (C=O) groups is 2. The first-order chi connectivity index (χ1) is 13.6. The number of imide groups is 1. The third-order valence-corrected chi connectivity index (χ3v) is 5.38. The van der Waals surface area contributed by atoms with Crippen molar-refractivity contribution in [1.29, 1.82) is 0 Å². The Morgan fingerprint density at radius 3 is 2.75 bits per heavy atom.